The summed E-state index contributed by atoms with van der Waals surface area (Å²) in [6.07, 6.45) is -0.396. The summed E-state index contributed by atoms with van der Waals surface area (Å²) >= 11 is 1.55. The number of thiophene rings is 1. The molecule has 2 rings (SSSR count). The first-order valence-corrected chi connectivity index (χ1v) is 7.26. The van der Waals surface area contributed by atoms with E-state index in [1.54, 1.807) is 16.2 Å². The van der Waals surface area contributed by atoms with Gasteiger partial charge in [0.15, 0.2) is 0 Å². The number of hydrogen-bond acceptors (Lipinski definition) is 4. The molecule has 0 aromatic carbocycles. The van der Waals surface area contributed by atoms with E-state index < -0.39 is 6.09 Å². The van der Waals surface area contributed by atoms with Crippen molar-refractivity contribution in [1.82, 2.24) is 4.90 Å². The minimum atomic E-state index is -0.396. The predicted octanol–water partition coefficient (Wildman–Crippen LogP) is 2.19. The zero-order valence-electron chi connectivity index (χ0n) is 11.2. The van der Waals surface area contributed by atoms with Crippen LogP contribution in [0.4, 0.5) is 10.5 Å². The Kier molecular flexibility index (Phi) is 4.42. The highest BCUT2D eigenvalue weighted by Crippen LogP contribution is 2.20. The molecule has 0 bridgehead atoms. The van der Waals surface area contributed by atoms with Crippen LogP contribution < -0.4 is 4.90 Å². The number of hydrogen-bond donors (Lipinski definition) is 0. The van der Waals surface area contributed by atoms with Crippen LogP contribution in [0.25, 0.3) is 0 Å². The smallest absolute Gasteiger partial charge is 0.410 e. The van der Waals surface area contributed by atoms with Crippen molar-refractivity contribution >= 4 is 29.0 Å². The summed E-state index contributed by atoms with van der Waals surface area (Å²) in [5, 5.41) is 3.87. The minimum Gasteiger partial charge on any atom is -0.449 e. The van der Waals surface area contributed by atoms with Crippen molar-refractivity contribution in [3.8, 4) is 0 Å². The molecule has 1 aromatic rings. The molecule has 1 aliphatic heterocycles. The summed E-state index contributed by atoms with van der Waals surface area (Å²) in [5.74, 6) is 0.234. The summed E-state index contributed by atoms with van der Waals surface area (Å²) < 4.78 is 5.14. The Balaban J connectivity index is 1.89. The van der Waals surface area contributed by atoms with Gasteiger partial charge in [-0.25, -0.2) is 4.79 Å². The zero-order valence-corrected chi connectivity index (χ0v) is 12.0. The van der Waals surface area contributed by atoms with E-state index in [1.807, 2.05) is 30.7 Å². The number of anilines is 1. The molecular weight excluding hydrogens is 264 g/mol. The van der Waals surface area contributed by atoms with Crippen molar-refractivity contribution in [2.75, 3.05) is 31.1 Å². The molecule has 19 heavy (non-hydrogen) atoms. The fourth-order valence-corrected chi connectivity index (χ4v) is 2.48. The zero-order chi connectivity index (χ0) is 13.8. The summed E-state index contributed by atoms with van der Waals surface area (Å²) in [6.45, 7) is 5.47. The van der Waals surface area contributed by atoms with E-state index in [4.69, 9.17) is 4.74 Å². The molecule has 0 saturated carbocycles. The van der Waals surface area contributed by atoms with Crippen LogP contribution in [0.5, 0.6) is 0 Å². The van der Waals surface area contributed by atoms with Crippen molar-refractivity contribution in [3.63, 3.8) is 0 Å². The second kappa shape index (κ2) is 6.06. The van der Waals surface area contributed by atoms with Crippen LogP contribution in [0.1, 0.15) is 13.8 Å². The number of rotatable bonds is 3. The topological polar surface area (TPSA) is 49.9 Å². The lowest BCUT2D eigenvalue weighted by Crippen LogP contribution is -2.52. The Morgan fingerprint density at radius 1 is 1.47 bits per heavy atom. The highest BCUT2D eigenvalue weighted by Gasteiger charge is 2.29. The monoisotopic (exact) mass is 282 g/mol. The van der Waals surface area contributed by atoms with Crippen LogP contribution in [0.2, 0.25) is 0 Å². The molecule has 0 spiro atoms. The van der Waals surface area contributed by atoms with Gasteiger partial charge >= 0.3 is 6.09 Å². The Bertz CT molecular complexity index is 445. The summed E-state index contributed by atoms with van der Waals surface area (Å²) in [7, 11) is 0. The first-order valence-electron chi connectivity index (χ1n) is 6.32. The lowest BCUT2D eigenvalue weighted by atomic mass is 10.2. The van der Waals surface area contributed by atoms with Crippen molar-refractivity contribution in [1.29, 1.82) is 0 Å². The second-order valence-electron chi connectivity index (χ2n) is 4.92. The van der Waals surface area contributed by atoms with Crippen LogP contribution in [0, 0.1) is 5.92 Å². The van der Waals surface area contributed by atoms with Crippen LogP contribution in [0.3, 0.4) is 0 Å². The summed E-state index contributed by atoms with van der Waals surface area (Å²) in [4.78, 5) is 27.0. The van der Waals surface area contributed by atoms with Gasteiger partial charge in [-0.1, -0.05) is 13.8 Å². The van der Waals surface area contributed by atoms with Crippen molar-refractivity contribution in [2.24, 2.45) is 5.92 Å². The molecule has 0 atom stereocenters. The largest absolute Gasteiger partial charge is 0.449 e. The highest BCUT2D eigenvalue weighted by atomic mass is 32.1. The standard InChI is InChI=1S/C13H18N2O3S/c1-10(2)8-18-13(17)14-4-5-15(12(16)7-14)11-3-6-19-9-11/h3,6,9-10H,4-5,7-8H2,1-2H3. The van der Waals surface area contributed by atoms with E-state index in [0.717, 1.165) is 5.69 Å². The van der Waals surface area contributed by atoms with Gasteiger partial charge in [0.05, 0.1) is 12.3 Å². The van der Waals surface area contributed by atoms with Gasteiger partial charge in [0.1, 0.15) is 6.54 Å². The molecule has 0 radical (unpaired) electrons. The van der Waals surface area contributed by atoms with Crippen LogP contribution >= 0.6 is 11.3 Å². The Morgan fingerprint density at radius 3 is 2.84 bits per heavy atom. The normalized spacial score (nSPS) is 16.1. The van der Waals surface area contributed by atoms with Gasteiger partial charge in [-0.3, -0.25) is 9.69 Å². The maximum absolute atomic E-state index is 12.0. The molecule has 1 fully saturated rings. The van der Waals surface area contributed by atoms with Gasteiger partial charge in [-0.2, -0.15) is 11.3 Å². The van der Waals surface area contributed by atoms with Crippen molar-refractivity contribution in [3.05, 3.63) is 16.8 Å². The molecule has 1 aliphatic rings. The molecule has 5 nitrogen and oxygen atoms in total. The predicted molar refractivity (Wildman–Crippen MR) is 74.4 cm³/mol. The lowest BCUT2D eigenvalue weighted by Gasteiger charge is -2.33. The lowest BCUT2D eigenvalue weighted by molar-refractivity contribution is -0.120. The maximum Gasteiger partial charge on any atom is 0.410 e. The molecule has 2 amide bonds. The van der Waals surface area contributed by atoms with Crippen molar-refractivity contribution in [2.45, 2.75) is 13.8 Å². The first-order chi connectivity index (χ1) is 9.08. The maximum atomic E-state index is 12.0. The molecule has 0 N–H and O–H groups in total. The van der Waals surface area contributed by atoms with E-state index in [0.29, 0.717) is 25.6 Å². The SMILES string of the molecule is CC(C)COC(=O)N1CCN(c2ccsc2)C(=O)C1. The molecule has 1 saturated heterocycles. The molecule has 104 valence electrons. The molecule has 1 aromatic heterocycles. The number of carbonyl (C=O) groups excluding carboxylic acids is 2. The second-order valence-corrected chi connectivity index (χ2v) is 5.70. The molecule has 0 unspecified atom stereocenters. The number of piperazine rings is 1. The third-order valence-electron chi connectivity index (χ3n) is 2.84. The van der Waals surface area contributed by atoms with Crippen LogP contribution in [-0.2, 0) is 9.53 Å². The number of carbonyl (C=O) groups is 2. The Morgan fingerprint density at radius 2 is 2.26 bits per heavy atom. The first kappa shape index (κ1) is 13.9. The average molecular weight is 282 g/mol. The Hall–Kier alpha value is -1.56. The van der Waals surface area contributed by atoms with Gasteiger partial charge < -0.3 is 9.64 Å². The van der Waals surface area contributed by atoms with E-state index in [2.05, 4.69) is 0 Å². The van der Waals surface area contributed by atoms with E-state index in [1.165, 1.54) is 4.90 Å². The van der Waals surface area contributed by atoms with E-state index >= 15 is 0 Å². The molecule has 6 heteroatoms. The van der Waals surface area contributed by atoms with Gasteiger partial charge in [0.2, 0.25) is 5.91 Å². The van der Waals surface area contributed by atoms with E-state index in [9.17, 15) is 9.59 Å². The van der Waals surface area contributed by atoms with Gasteiger partial charge in [0, 0.05) is 18.5 Å². The van der Waals surface area contributed by atoms with E-state index in [-0.39, 0.29) is 12.5 Å². The molecular formula is C13H18N2O3S. The minimum absolute atomic E-state index is 0.0638. The van der Waals surface area contributed by atoms with Gasteiger partial charge in [-0.05, 0) is 17.4 Å². The average Bonchev–Trinajstić information content (AvgIpc) is 2.89. The quantitative estimate of drug-likeness (QED) is 0.854. The third kappa shape index (κ3) is 3.47. The highest BCUT2D eigenvalue weighted by molar-refractivity contribution is 7.08. The number of nitrogens with zero attached hydrogens (tertiary/aromatic N) is 2. The fourth-order valence-electron chi connectivity index (χ4n) is 1.84. The van der Waals surface area contributed by atoms with Gasteiger partial charge in [-0.15, -0.1) is 0 Å². The third-order valence-corrected chi connectivity index (χ3v) is 3.51. The molecule has 0 aliphatic carbocycles. The summed E-state index contributed by atoms with van der Waals surface area (Å²) in [6, 6.07) is 1.91. The van der Waals surface area contributed by atoms with Crippen LogP contribution in [-0.4, -0.2) is 43.1 Å². The van der Waals surface area contributed by atoms with Crippen LogP contribution in [0.15, 0.2) is 16.8 Å². The number of ether oxygens (including phenoxy) is 1. The summed E-state index contributed by atoms with van der Waals surface area (Å²) in [5.41, 5.74) is 0.908. The van der Waals surface area contributed by atoms with Gasteiger partial charge in [0.25, 0.3) is 0 Å². The Labute approximate surface area is 116 Å². The molecule has 2 heterocycles. The van der Waals surface area contributed by atoms with Crippen molar-refractivity contribution < 1.29 is 14.3 Å². The fraction of sp³-hybridized carbons (Fsp3) is 0.538. The number of amides is 2.